The predicted octanol–water partition coefficient (Wildman–Crippen LogP) is 3.24. The first-order chi connectivity index (χ1) is 10.3. The highest BCUT2D eigenvalue weighted by Crippen LogP contribution is 2.21. The SMILES string of the molecule is O=C(CCC1CCCO1)Nc1ccc(-c2cnco2)cc1. The van der Waals surface area contributed by atoms with Gasteiger partial charge in [0, 0.05) is 24.3 Å². The maximum Gasteiger partial charge on any atom is 0.224 e. The summed E-state index contributed by atoms with van der Waals surface area (Å²) in [5.74, 6) is 0.740. The van der Waals surface area contributed by atoms with Crippen LogP contribution in [0.1, 0.15) is 25.7 Å². The van der Waals surface area contributed by atoms with Gasteiger partial charge in [0.05, 0.1) is 12.3 Å². The van der Waals surface area contributed by atoms with Crippen molar-refractivity contribution in [2.75, 3.05) is 11.9 Å². The zero-order valence-electron chi connectivity index (χ0n) is 11.7. The summed E-state index contributed by atoms with van der Waals surface area (Å²) in [6.45, 7) is 0.829. The Bertz CT molecular complexity index is 572. The standard InChI is InChI=1S/C16H18N2O3/c19-16(8-7-14-2-1-9-20-14)18-13-5-3-12(4-6-13)15-10-17-11-21-15/h3-6,10-11,14H,1-2,7-9H2,(H,18,19). The van der Waals surface area contributed by atoms with E-state index in [2.05, 4.69) is 10.3 Å². The van der Waals surface area contributed by atoms with E-state index in [-0.39, 0.29) is 12.0 Å². The summed E-state index contributed by atoms with van der Waals surface area (Å²) in [6.07, 6.45) is 6.78. The molecule has 3 rings (SSSR count). The Morgan fingerprint density at radius 1 is 1.33 bits per heavy atom. The van der Waals surface area contributed by atoms with Crippen LogP contribution in [0.2, 0.25) is 0 Å². The molecule has 0 bridgehead atoms. The molecule has 1 unspecified atom stereocenters. The fraction of sp³-hybridized carbons (Fsp3) is 0.375. The second-order valence-corrected chi connectivity index (χ2v) is 5.16. The normalized spacial score (nSPS) is 17.8. The van der Waals surface area contributed by atoms with Gasteiger partial charge in [0.15, 0.2) is 12.2 Å². The second kappa shape index (κ2) is 6.54. The number of hydrogen-bond donors (Lipinski definition) is 1. The van der Waals surface area contributed by atoms with E-state index in [9.17, 15) is 4.79 Å². The predicted molar refractivity (Wildman–Crippen MR) is 78.8 cm³/mol. The molecule has 0 radical (unpaired) electrons. The second-order valence-electron chi connectivity index (χ2n) is 5.16. The van der Waals surface area contributed by atoms with Crippen molar-refractivity contribution in [3.05, 3.63) is 36.9 Å². The molecular weight excluding hydrogens is 268 g/mol. The zero-order valence-corrected chi connectivity index (χ0v) is 11.7. The summed E-state index contributed by atoms with van der Waals surface area (Å²) in [5, 5.41) is 2.90. The van der Waals surface area contributed by atoms with Crippen molar-refractivity contribution in [1.29, 1.82) is 0 Å². The lowest BCUT2D eigenvalue weighted by Crippen LogP contribution is -2.15. The highest BCUT2D eigenvalue weighted by Gasteiger charge is 2.16. The van der Waals surface area contributed by atoms with E-state index >= 15 is 0 Å². The van der Waals surface area contributed by atoms with E-state index in [4.69, 9.17) is 9.15 Å². The molecule has 0 aliphatic carbocycles. The number of anilines is 1. The number of amides is 1. The summed E-state index contributed by atoms with van der Waals surface area (Å²) in [4.78, 5) is 15.8. The van der Waals surface area contributed by atoms with Crippen LogP contribution < -0.4 is 5.32 Å². The number of ether oxygens (including phenoxy) is 1. The Kier molecular flexibility index (Phi) is 4.31. The minimum Gasteiger partial charge on any atom is -0.444 e. The zero-order chi connectivity index (χ0) is 14.5. The van der Waals surface area contributed by atoms with Crippen molar-refractivity contribution in [1.82, 2.24) is 4.98 Å². The van der Waals surface area contributed by atoms with Crippen molar-refractivity contribution >= 4 is 11.6 Å². The molecule has 1 saturated heterocycles. The van der Waals surface area contributed by atoms with Gasteiger partial charge in [-0.2, -0.15) is 0 Å². The van der Waals surface area contributed by atoms with Crippen molar-refractivity contribution in [2.45, 2.75) is 31.8 Å². The van der Waals surface area contributed by atoms with Gasteiger partial charge < -0.3 is 14.5 Å². The number of nitrogens with zero attached hydrogens (tertiary/aromatic N) is 1. The first kappa shape index (κ1) is 13.8. The lowest BCUT2D eigenvalue weighted by atomic mass is 10.1. The molecule has 1 aliphatic rings. The van der Waals surface area contributed by atoms with E-state index in [1.165, 1.54) is 6.39 Å². The topological polar surface area (TPSA) is 64.4 Å². The van der Waals surface area contributed by atoms with Gasteiger partial charge in [0.2, 0.25) is 5.91 Å². The smallest absolute Gasteiger partial charge is 0.224 e. The highest BCUT2D eigenvalue weighted by atomic mass is 16.5. The van der Waals surface area contributed by atoms with E-state index in [1.54, 1.807) is 6.20 Å². The number of aromatic nitrogens is 1. The van der Waals surface area contributed by atoms with Gasteiger partial charge in [-0.1, -0.05) is 0 Å². The minimum absolute atomic E-state index is 0.0258. The molecule has 1 aromatic carbocycles. The Balaban J connectivity index is 1.51. The number of carbonyl (C=O) groups is 1. The maximum absolute atomic E-state index is 11.9. The molecule has 1 fully saturated rings. The fourth-order valence-electron chi connectivity index (χ4n) is 2.46. The van der Waals surface area contributed by atoms with E-state index in [1.807, 2.05) is 24.3 Å². The average Bonchev–Trinajstić information content (AvgIpc) is 3.19. The van der Waals surface area contributed by atoms with Crippen LogP contribution >= 0.6 is 0 Å². The monoisotopic (exact) mass is 286 g/mol. The number of oxazole rings is 1. The summed E-state index contributed by atoms with van der Waals surface area (Å²) < 4.78 is 10.7. The van der Waals surface area contributed by atoms with Gasteiger partial charge in [0.25, 0.3) is 0 Å². The van der Waals surface area contributed by atoms with Gasteiger partial charge in [-0.25, -0.2) is 4.98 Å². The first-order valence-electron chi connectivity index (χ1n) is 7.21. The Labute approximate surface area is 123 Å². The molecule has 1 aromatic heterocycles. The number of rotatable bonds is 5. The van der Waals surface area contributed by atoms with Gasteiger partial charge in [-0.3, -0.25) is 4.79 Å². The Morgan fingerprint density at radius 2 is 2.19 bits per heavy atom. The van der Waals surface area contributed by atoms with Gasteiger partial charge in [-0.05, 0) is 43.5 Å². The summed E-state index contributed by atoms with van der Waals surface area (Å²) in [7, 11) is 0. The Morgan fingerprint density at radius 3 is 2.86 bits per heavy atom. The minimum atomic E-state index is 0.0258. The summed E-state index contributed by atoms with van der Waals surface area (Å²) in [5.41, 5.74) is 1.72. The average molecular weight is 286 g/mol. The molecule has 2 heterocycles. The molecule has 5 nitrogen and oxygen atoms in total. The van der Waals surface area contributed by atoms with Gasteiger partial charge in [0.1, 0.15) is 0 Å². The van der Waals surface area contributed by atoms with Crippen LogP contribution in [0, 0.1) is 0 Å². The molecule has 1 aliphatic heterocycles. The number of nitrogens with one attached hydrogen (secondary N) is 1. The van der Waals surface area contributed by atoms with E-state index < -0.39 is 0 Å². The third-order valence-electron chi connectivity index (χ3n) is 3.60. The quantitative estimate of drug-likeness (QED) is 0.916. The number of hydrogen-bond acceptors (Lipinski definition) is 4. The third-order valence-corrected chi connectivity index (χ3v) is 3.60. The molecule has 0 spiro atoms. The number of benzene rings is 1. The number of carbonyl (C=O) groups excluding carboxylic acids is 1. The van der Waals surface area contributed by atoms with Crippen molar-refractivity contribution in [3.8, 4) is 11.3 Å². The molecule has 1 N–H and O–H groups in total. The van der Waals surface area contributed by atoms with Gasteiger partial charge in [-0.15, -0.1) is 0 Å². The molecule has 1 amide bonds. The first-order valence-corrected chi connectivity index (χ1v) is 7.21. The van der Waals surface area contributed by atoms with Crippen LogP contribution in [0.5, 0.6) is 0 Å². The van der Waals surface area contributed by atoms with Crippen LogP contribution in [0.15, 0.2) is 41.3 Å². The lowest BCUT2D eigenvalue weighted by Gasteiger charge is -2.09. The summed E-state index contributed by atoms with van der Waals surface area (Å²) >= 11 is 0. The summed E-state index contributed by atoms with van der Waals surface area (Å²) in [6, 6.07) is 7.52. The van der Waals surface area contributed by atoms with Gasteiger partial charge >= 0.3 is 0 Å². The lowest BCUT2D eigenvalue weighted by molar-refractivity contribution is -0.116. The molecule has 21 heavy (non-hydrogen) atoms. The van der Waals surface area contributed by atoms with Crippen LogP contribution in [0.25, 0.3) is 11.3 Å². The maximum atomic E-state index is 11.9. The van der Waals surface area contributed by atoms with Crippen LogP contribution in [-0.4, -0.2) is 23.6 Å². The fourth-order valence-corrected chi connectivity index (χ4v) is 2.46. The molecular formula is C16H18N2O3. The van der Waals surface area contributed by atoms with Crippen LogP contribution in [-0.2, 0) is 9.53 Å². The van der Waals surface area contributed by atoms with Crippen molar-refractivity contribution in [3.63, 3.8) is 0 Å². The molecule has 0 saturated carbocycles. The van der Waals surface area contributed by atoms with E-state index in [0.717, 1.165) is 37.1 Å². The largest absolute Gasteiger partial charge is 0.444 e. The molecule has 110 valence electrons. The molecule has 5 heteroatoms. The third kappa shape index (κ3) is 3.70. The van der Waals surface area contributed by atoms with Crippen LogP contribution in [0.4, 0.5) is 5.69 Å². The molecule has 1 atom stereocenters. The van der Waals surface area contributed by atoms with Crippen molar-refractivity contribution < 1.29 is 13.9 Å². The van der Waals surface area contributed by atoms with Crippen LogP contribution in [0.3, 0.4) is 0 Å². The highest BCUT2D eigenvalue weighted by molar-refractivity contribution is 5.90. The Hall–Kier alpha value is -2.14. The molecule has 2 aromatic rings. The van der Waals surface area contributed by atoms with E-state index in [0.29, 0.717) is 12.2 Å². The van der Waals surface area contributed by atoms with Crippen molar-refractivity contribution in [2.24, 2.45) is 0 Å².